The first-order chi connectivity index (χ1) is 9.53. The Labute approximate surface area is 123 Å². The molecule has 0 amide bonds. The van der Waals surface area contributed by atoms with Gasteiger partial charge < -0.3 is 10.5 Å². The first-order valence-electron chi connectivity index (χ1n) is 7.63. The molecule has 1 saturated heterocycles. The van der Waals surface area contributed by atoms with Gasteiger partial charge in [-0.1, -0.05) is 37.3 Å². The summed E-state index contributed by atoms with van der Waals surface area (Å²) < 4.78 is 5.99. The van der Waals surface area contributed by atoms with Gasteiger partial charge in [0.2, 0.25) is 0 Å². The Bertz CT molecular complexity index is 422. The molecule has 2 unspecified atom stereocenters. The van der Waals surface area contributed by atoms with Gasteiger partial charge in [0.25, 0.3) is 0 Å². The molecule has 0 aliphatic carbocycles. The maximum atomic E-state index is 6.17. The fraction of sp³-hybridized carbons (Fsp3) is 0.647. The molecule has 2 N–H and O–H groups in total. The van der Waals surface area contributed by atoms with Crippen LogP contribution in [0.25, 0.3) is 0 Å². The van der Waals surface area contributed by atoms with Gasteiger partial charge in [0.15, 0.2) is 0 Å². The predicted octanol–water partition coefficient (Wildman–Crippen LogP) is 2.80. The molecule has 0 spiro atoms. The lowest BCUT2D eigenvalue weighted by atomic mass is 9.78. The molecule has 20 heavy (non-hydrogen) atoms. The Morgan fingerprint density at radius 1 is 1.30 bits per heavy atom. The van der Waals surface area contributed by atoms with E-state index in [2.05, 4.69) is 56.1 Å². The minimum atomic E-state index is -0.0391. The maximum absolute atomic E-state index is 6.17. The molecule has 1 aromatic rings. The molecule has 0 saturated carbocycles. The smallest absolute Gasteiger partial charge is 0.0670 e. The van der Waals surface area contributed by atoms with Gasteiger partial charge in [-0.2, -0.15) is 0 Å². The first kappa shape index (κ1) is 15.5. The molecule has 0 radical (unpaired) electrons. The van der Waals surface area contributed by atoms with Crippen molar-refractivity contribution in [3.63, 3.8) is 0 Å². The average molecular weight is 276 g/mol. The number of nitrogens with zero attached hydrogens (tertiary/aromatic N) is 1. The molecular formula is C17H28N2O. The largest absolute Gasteiger partial charge is 0.375 e. The van der Waals surface area contributed by atoms with E-state index >= 15 is 0 Å². The van der Waals surface area contributed by atoms with E-state index < -0.39 is 0 Å². The van der Waals surface area contributed by atoms with E-state index in [-0.39, 0.29) is 11.1 Å². The molecule has 0 aromatic heterocycles. The Morgan fingerprint density at radius 2 is 2.00 bits per heavy atom. The number of likely N-dealkylation sites (N-methyl/N-ethyl adjacent to an activating group) is 1. The van der Waals surface area contributed by atoms with Crippen LogP contribution in [0.5, 0.6) is 0 Å². The number of benzene rings is 1. The van der Waals surface area contributed by atoms with Crippen molar-refractivity contribution in [2.75, 3.05) is 20.2 Å². The summed E-state index contributed by atoms with van der Waals surface area (Å²) in [5, 5.41) is 0. The van der Waals surface area contributed by atoms with E-state index in [9.17, 15) is 0 Å². The second kappa shape index (κ2) is 6.25. The third-order valence-electron chi connectivity index (χ3n) is 4.92. The van der Waals surface area contributed by atoms with Crippen molar-refractivity contribution in [3.05, 3.63) is 35.9 Å². The highest BCUT2D eigenvalue weighted by atomic mass is 16.5. The summed E-state index contributed by atoms with van der Waals surface area (Å²) in [7, 11) is 2.20. The zero-order valence-corrected chi connectivity index (χ0v) is 13.1. The lowest BCUT2D eigenvalue weighted by molar-refractivity contribution is -0.126. The predicted molar refractivity (Wildman–Crippen MR) is 83.6 cm³/mol. The molecule has 1 aromatic carbocycles. The van der Waals surface area contributed by atoms with Crippen molar-refractivity contribution in [1.29, 1.82) is 0 Å². The first-order valence-corrected chi connectivity index (χ1v) is 7.63. The summed E-state index contributed by atoms with van der Waals surface area (Å²) in [6.07, 6.45) is 3.06. The zero-order valence-electron chi connectivity index (χ0n) is 13.1. The Balaban J connectivity index is 2.13. The van der Waals surface area contributed by atoms with Gasteiger partial charge >= 0.3 is 0 Å². The average Bonchev–Trinajstić information content (AvgIpc) is 2.48. The van der Waals surface area contributed by atoms with Crippen LogP contribution in [0.1, 0.15) is 38.7 Å². The number of nitrogens with two attached hydrogens (primary N) is 1. The quantitative estimate of drug-likeness (QED) is 0.898. The van der Waals surface area contributed by atoms with Crippen molar-refractivity contribution < 1.29 is 4.74 Å². The van der Waals surface area contributed by atoms with Gasteiger partial charge in [-0.05, 0) is 38.8 Å². The standard InChI is InChI=1S/C17H28N2O/c1-4-16(2)13-17(14-18,10-11-20-16)19(3)12-15-8-6-5-7-9-15/h5-9H,4,10-14,18H2,1-3H3. The lowest BCUT2D eigenvalue weighted by Gasteiger charge is -2.50. The summed E-state index contributed by atoms with van der Waals surface area (Å²) in [6, 6.07) is 10.6. The summed E-state index contributed by atoms with van der Waals surface area (Å²) >= 11 is 0. The molecule has 1 heterocycles. The monoisotopic (exact) mass is 276 g/mol. The summed E-state index contributed by atoms with van der Waals surface area (Å²) in [4.78, 5) is 2.43. The van der Waals surface area contributed by atoms with Crippen LogP contribution in [0.2, 0.25) is 0 Å². The molecular weight excluding hydrogens is 248 g/mol. The highest BCUT2D eigenvalue weighted by Gasteiger charge is 2.43. The highest BCUT2D eigenvalue weighted by Crippen LogP contribution is 2.37. The number of rotatable bonds is 5. The van der Waals surface area contributed by atoms with Crippen LogP contribution < -0.4 is 5.73 Å². The van der Waals surface area contributed by atoms with Gasteiger partial charge in [0, 0.05) is 25.2 Å². The van der Waals surface area contributed by atoms with Gasteiger partial charge in [-0.25, -0.2) is 0 Å². The van der Waals surface area contributed by atoms with E-state index in [1.54, 1.807) is 0 Å². The third-order valence-corrected chi connectivity index (χ3v) is 4.92. The van der Waals surface area contributed by atoms with Crippen LogP contribution >= 0.6 is 0 Å². The minimum absolute atomic E-state index is 0.0391. The second-order valence-electron chi connectivity index (χ2n) is 6.35. The van der Waals surface area contributed by atoms with E-state index in [4.69, 9.17) is 10.5 Å². The van der Waals surface area contributed by atoms with Crippen LogP contribution in [-0.2, 0) is 11.3 Å². The van der Waals surface area contributed by atoms with Crippen molar-refractivity contribution >= 4 is 0 Å². The minimum Gasteiger partial charge on any atom is -0.375 e. The van der Waals surface area contributed by atoms with E-state index in [1.165, 1.54) is 5.56 Å². The van der Waals surface area contributed by atoms with Gasteiger partial charge in [-0.3, -0.25) is 4.90 Å². The van der Waals surface area contributed by atoms with Crippen LogP contribution in [0.15, 0.2) is 30.3 Å². The zero-order chi connectivity index (χ0) is 14.6. The fourth-order valence-corrected chi connectivity index (χ4v) is 3.23. The molecule has 3 nitrogen and oxygen atoms in total. The lowest BCUT2D eigenvalue weighted by Crippen LogP contribution is -2.59. The normalized spacial score (nSPS) is 30.6. The van der Waals surface area contributed by atoms with Gasteiger partial charge in [0.1, 0.15) is 0 Å². The molecule has 2 rings (SSSR count). The molecule has 1 aliphatic rings. The molecule has 112 valence electrons. The Hall–Kier alpha value is -0.900. The maximum Gasteiger partial charge on any atom is 0.0670 e. The highest BCUT2D eigenvalue weighted by molar-refractivity contribution is 5.15. The van der Waals surface area contributed by atoms with Crippen molar-refractivity contribution in [2.45, 2.75) is 50.8 Å². The Morgan fingerprint density at radius 3 is 2.60 bits per heavy atom. The van der Waals surface area contributed by atoms with Crippen LogP contribution in [0.3, 0.4) is 0 Å². The Kier molecular flexibility index (Phi) is 4.84. The van der Waals surface area contributed by atoms with E-state index in [0.29, 0.717) is 6.54 Å². The summed E-state index contributed by atoms with van der Waals surface area (Å²) in [6.45, 7) is 6.85. The summed E-state index contributed by atoms with van der Waals surface area (Å²) in [5.41, 5.74) is 7.53. The molecule has 3 heteroatoms. The van der Waals surface area contributed by atoms with Gasteiger partial charge in [0.05, 0.1) is 5.60 Å². The van der Waals surface area contributed by atoms with Gasteiger partial charge in [-0.15, -0.1) is 0 Å². The topological polar surface area (TPSA) is 38.5 Å². The van der Waals surface area contributed by atoms with E-state index in [0.717, 1.165) is 32.4 Å². The van der Waals surface area contributed by atoms with Crippen molar-refractivity contribution in [2.24, 2.45) is 5.73 Å². The van der Waals surface area contributed by atoms with Crippen LogP contribution in [-0.4, -0.2) is 36.2 Å². The summed E-state index contributed by atoms with van der Waals surface area (Å²) in [5.74, 6) is 0. The molecule has 0 bridgehead atoms. The van der Waals surface area contributed by atoms with Crippen LogP contribution in [0, 0.1) is 0 Å². The SMILES string of the molecule is CCC1(C)CC(CN)(N(C)Cc2ccccc2)CCO1. The third kappa shape index (κ3) is 3.22. The number of hydrogen-bond acceptors (Lipinski definition) is 3. The van der Waals surface area contributed by atoms with Crippen molar-refractivity contribution in [1.82, 2.24) is 4.90 Å². The molecule has 1 fully saturated rings. The molecule has 1 aliphatic heterocycles. The second-order valence-corrected chi connectivity index (χ2v) is 6.35. The van der Waals surface area contributed by atoms with Crippen molar-refractivity contribution in [3.8, 4) is 0 Å². The number of ether oxygens (including phenoxy) is 1. The number of hydrogen-bond donors (Lipinski definition) is 1. The fourth-order valence-electron chi connectivity index (χ4n) is 3.23. The van der Waals surface area contributed by atoms with E-state index in [1.807, 2.05) is 0 Å². The van der Waals surface area contributed by atoms with Crippen LogP contribution in [0.4, 0.5) is 0 Å². The molecule has 2 atom stereocenters.